The van der Waals surface area contributed by atoms with Gasteiger partial charge in [-0.25, -0.2) is 0 Å². The van der Waals surface area contributed by atoms with Crippen molar-refractivity contribution in [3.05, 3.63) is 0 Å². The van der Waals surface area contributed by atoms with E-state index < -0.39 is 11.9 Å². The van der Waals surface area contributed by atoms with E-state index in [0.717, 1.165) is 57.8 Å². The van der Waals surface area contributed by atoms with E-state index >= 15 is 0 Å². The van der Waals surface area contributed by atoms with Gasteiger partial charge in [0.05, 0.1) is 6.10 Å². The predicted molar refractivity (Wildman–Crippen MR) is 108 cm³/mol. The van der Waals surface area contributed by atoms with Crippen LogP contribution in [0.4, 0.5) is 0 Å². The van der Waals surface area contributed by atoms with E-state index in [1.165, 1.54) is 12.8 Å². The van der Waals surface area contributed by atoms with Crippen molar-refractivity contribution in [1.29, 1.82) is 0 Å². The minimum Gasteiger partial charge on any atom is -0.481 e. The molecule has 0 aromatic carbocycles. The topological polar surface area (TPSA) is 97.7 Å². The minimum atomic E-state index is -1.04. The lowest BCUT2D eigenvalue weighted by Gasteiger charge is -2.10. The van der Waals surface area contributed by atoms with E-state index in [4.69, 9.17) is 9.84 Å². The number of carboxylic acid groups (broad SMARTS) is 1. The van der Waals surface area contributed by atoms with Crippen molar-refractivity contribution in [2.75, 3.05) is 0 Å². The largest absolute Gasteiger partial charge is 0.481 e. The molecule has 28 heavy (non-hydrogen) atoms. The molecule has 0 spiro atoms. The summed E-state index contributed by atoms with van der Waals surface area (Å²) in [5.74, 6) is -1.67. The first kappa shape index (κ1) is 26.3. The molecule has 0 aliphatic carbocycles. The Kier molecular flexibility index (Phi) is 16.3. The standard InChI is InChI=1S/C22H38O6/c1-3-18(2)28-22(27)17-20(24)15-13-11-9-7-5-4-6-8-10-12-14-19(23)16-21(25)26/h18H,3-17H2,1-2H3,(H,25,26). The number of aliphatic carboxylic acids is 1. The van der Waals surface area contributed by atoms with Crippen molar-refractivity contribution in [3.8, 4) is 0 Å². The van der Waals surface area contributed by atoms with Gasteiger partial charge in [0, 0.05) is 12.8 Å². The molecule has 0 saturated heterocycles. The molecular weight excluding hydrogens is 360 g/mol. The molecule has 0 rings (SSSR count). The fraction of sp³-hybridized carbons (Fsp3) is 0.818. The maximum Gasteiger partial charge on any atom is 0.313 e. The van der Waals surface area contributed by atoms with Gasteiger partial charge in [0.1, 0.15) is 24.4 Å². The SMILES string of the molecule is CCC(C)OC(=O)CC(=O)CCCCCCCCCCCCC(=O)CC(=O)O. The van der Waals surface area contributed by atoms with Crippen LogP contribution in [0.2, 0.25) is 0 Å². The fourth-order valence-corrected chi connectivity index (χ4v) is 2.91. The number of unbranched alkanes of at least 4 members (excludes halogenated alkanes) is 9. The Morgan fingerprint density at radius 2 is 1.11 bits per heavy atom. The van der Waals surface area contributed by atoms with Gasteiger partial charge in [-0.05, 0) is 26.2 Å². The number of ether oxygens (including phenoxy) is 1. The third kappa shape index (κ3) is 17.7. The predicted octanol–water partition coefficient (Wildman–Crippen LogP) is 5.01. The van der Waals surface area contributed by atoms with Gasteiger partial charge < -0.3 is 9.84 Å². The van der Waals surface area contributed by atoms with Crippen LogP contribution in [-0.2, 0) is 23.9 Å². The lowest BCUT2D eigenvalue weighted by Crippen LogP contribution is -2.17. The number of Topliss-reactive ketones (excluding diaryl/α,β-unsaturated/α-hetero) is 2. The Balaban J connectivity index is 3.37. The highest BCUT2D eigenvalue weighted by Gasteiger charge is 2.12. The summed E-state index contributed by atoms with van der Waals surface area (Å²) < 4.78 is 5.10. The first-order valence-corrected chi connectivity index (χ1v) is 10.8. The number of ketones is 2. The van der Waals surface area contributed by atoms with Gasteiger partial charge in [0.15, 0.2) is 0 Å². The molecule has 0 saturated carbocycles. The number of esters is 1. The smallest absolute Gasteiger partial charge is 0.313 e. The zero-order valence-electron chi connectivity index (χ0n) is 17.7. The Morgan fingerprint density at radius 3 is 1.50 bits per heavy atom. The quantitative estimate of drug-likeness (QED) is 0.186. The van der Waals surface area contributed by atoms with Crippen LogP contribution in [0.15, 0.2) is 0 Å². The normalized spacial score (nSPS) is 11.8. The van der Waals surface area contributed by atoms with Gasteiger partial charge in [-0.3, -0.25) is 19.2 Å². The van der Waals surface area contributed by atoms with Crippen molar-refractivity contribution >= 4 is 23.5 Å². The summed E-state index contributed by atoms with van der Waals surface area (Å²) in [6.45, 7) is 3.76. The van der Waals surface area contributed by atoms with Crippen LogP contribution in [-0.4, -0.2) is 34.7 Å². The summed E-state index contributed by atoms with van der Waals surface area (Å²) in [5.41, 5.74) is 0. The van der Waals surface area contributed by atoms with Crippen molar-refractivity contribution in [3.63, 3.8) is 0 Å². The first-order valence-electron chi connectivity index (χ1n) is 10.8. The average molecular weight is 399 g/mol. The molecule has 0 heterocycles. The third-order valence-corrected chi connectivity index (χ3v) is 4.76. The number of hydrogen-bond donors (Lipinski definition) is 1. The van der Waals surface area contributed by atoms with Crippen molar-refractivity contribution < 1.29 is 29.0 Å². The first-order chi connectivity index (χ1) is 13.3. The van der Waals surface area contributed by atoms with Crippen LogP contribution in [0, 0.1) is 0 Å². The Morgan fingerprint density at radius 1 is 0.714 bits per heavy atom. The van der Waals surface area contributed by atoms with Crippen molar-refractivity contribution in [2.45, 2.75) is 116 Å². The summed E-state index contributed by atoms with van der Waals surface area (Å²) in [6, 6.07) is 0. The average Bonchev–Trinajstić information content (AvgIpc) is 2.61. The molecule has 162 valence electrons. The van der Waals surface area contributed by atoms with E-state index in [-0.39, 0.29) is 30.5 Å². The molecule has 1 unspecified atom stereocenters. The molecule has 1 atom stereocenters. The number of rotatable bonds is 19. The molecule has 0 fully saturated rings. The molecule has 6 nitrogen and oxygen atoms in total. The molecule has 0 aliphatic heterocycles. The molecule has 0 aromatic rings. The van der Waals surface area contributed by atoms with E-state index in [9.17, 15) is 19.2 Å². The molecule has 0 aromatic heterocycles. The second-order valence-electron chi connectivity index (χ2n) is 7.57. The molecule has 0 radical (unpaired) electrons. The molecule has 1 N–H and O–H groups in total. The van der Waals surface area contributed by atoms with Crippen LogP contribution in [0.1, 0.15) is 110 Å². The van der Waals surface area contributed by atoms with Gasteiger partial charge in [-0.15, -0.1) is 0 Å². The zero-order valence-corrected chi connectivity index (χ0v) is 17.7. The number of carbonyl (C=O) groups is 4. The van der Waals surface area contributed by atoms with Crippen LogP contribution in [0.25, 0.3) is 0 Å². The number of hydrogen-bond acceptors (Lipinski definition) is 5. The molecular formula is C22H38O6. The highest BCUT2D eigenvalue weighted by atomic mass is 16.5. The van der Waals surface area contributed by atoms with Crippen LogP contribution < -0.4 is 0 Å². The minimum absolute atomic E-state index is 0.0323. The van der Waals surface area contributed by atoms with Gasteiger partial charge in [0.25, 0.3) is 0 Å². The number of carboxylic acids is 1. The second kappa shape index (κ2) is 17.4. The highest BCUT2D eigenvalue weighted by Crippen LogP contribution is 2.13. The summed E-state index contributed by atoms with van der Waals surface area (Å²) in [7, 11) is 0. The Bertz CT molecular complexity index is 472. The summed E-state index contributed by atoms with van der Waals surface area (Å²) in [6.07, 6.45) is 11.4. The van der Waals surface area contributed by atoms with Gasteiger partial charge in [-0.2, -0.15) is 0 Å². The maximum atomic E-state index is 11.7. The lowest BCUT2D eigenvalue weighted by molar-refractivity contribution is -0.150. The third-order valence-electron chi connectivity index (χ3n) is 4.76. The van der Waals surface area contributed by atoms with Gasteiger partial charge >= 0.3 is 11.9 Å². The molecule has 0 amide bonds. The van der Waals surface area contributed by atoms with Crippen LogP contribution >= 0.6 is 0 Å². The van der Waals surface area contributed by atoms with Crippen LogP contribution in [0.5, 0.6) is 0 Å². The van der Waals surface area contributed by atoms with Gasteiger partial charge in [0.2, 0.25) is 0 Å². The summed E-state index contributed by atoms with van der Waals surface area (Å²) in [4.78, 5) is 44.9. The Hall–Kier alpha value is -1.72. The van der Waals surface area contributed by atoms with Crippen molar-refractivity contribution in [1.82, 2.24) is 0 Å². The highest BCUT2D eigenvalue weighted by molar-refractivity contribution is 5.95. The Labute approximate surface area is 169 Å². The number of carbonyl (C=O) groups excluding carboxylic acids is 3. The zero-order chi connectivity index (χ0) is 21.2. The molecule has 6 heteroatoms. The van der Waals surface area contributed by atoms with E-state index in [1.807, 2.05) is 13.8 Å². The maximum absolute atomic E-state index is 11.7. The second-order valence-corrected chi connectivity index (χ2v) is 7.57. The summed E-state index contributed by atoms with van der Waals surface area (Å²) in [5, 5.41) is 8.50. The monoisotopic (exact) mass is 398 g/mol. The molecule has 0 aliphatic rings. The molecule has 0 bridgehead atoms. The fourth-order valence-electron chi connectivity index (χ4n) is 2.91. The van der Waals surface area contributed by atoms with Gasteiger partial charge in [-0.1, -0.05) is 58.3 Å². The summed E-state index contributed by atoms with van der Waals surface area (Å²) >= 11 is 0. The lowest BCUT2D eigenvalue weighted by atomic mass is 10.0. The van der Waals surface area contributed by atoms with Crippen molar-refractivity contribution in [2.24, 2.45) is 0 Å². The van der Waals surface area contributed by atoms with E-state index in [0.29, 0.717) is 12.8 Å². The van der Waals surface area contributed by atoms with E-state index in [2.05, 4.69) is 0 Å². The van der Waals surface area contributed by atoms with Crippen LogP contribution in [0.3, 0.4) is 0 Å². The van der Waals surface area contributed by atoms with E-state index in [1.54, 1.807) is 0 Å².